The van der Waals surface area contributed by atoms with Crippen molar-refractivity contribution in [2.45, 2.75) is 0 Å². The van der Waals surface area contributed by atoms with E-state index in [2.05, 4.69) is 25.9 Å². The van der Waals surface area contributed by atoms with Gasteiger partial charge in [0.15, 0.2) is 0 Å². The van der Waals surface area contributed by atoms with E-state index in [4.69, 9.17) is 2.74 Å². The lowest BCUT2D eigenvalue weighted by Crippen LogP contribution is -1.82. The first kappa shape index (κ1) is 3.50. The third-order valence-electron chi connectivity index (χ3n) is 0.503. The molecular formula is C4H2BrFN2. The highest BCUT2D eigenvalue weighted by molar-refractivity contribution is 9.10. The van der Waals surface area contributed by atoms with Gasteiger partial charge in [0.1, 0.15) is 12.3 Å². The molecular weight excluding hydrogens is 175 g/mol. The van der Waals surface area contributed by atoms with Crippen molar-refractivity contribution >= 4 is 15.9 Å². The van der Waals surface area contributed by atoms with E-state index in [1.807, 2.05) is 0 Å². The molecule has 0 radical (unpaired) electrons. The van der Waals surface area contributed by atoms with Crippen molar-refractivity contribution in [2.75, 3.05) is 0 Å². The molecule has 0 spiro atoms. The lowest BCUT2D eigenvalue weighted by atomic mass is 10.7. The molecule has 1 aromatic rings. The molecule has 0 amide bonds. The van der Waals surface area contributed by atoms with E-state index in [1.54, 1.807) is 0 Å². The van der Waals surface area contributed by atoms with Crippen LogP contribution in [0, 0.1) is 5.95 Å². The fourth-order valence-corrected chi connectivity index (χ4v) is 0.497. The fraction of sp³-hybridized carbons (Fsp3) is 0. The molecule has 1 rings (SSSR count). The van der Waals surface area contributed by atoms with Crippen LogP contribution in [-0.4, -0.2) is 9.97 Å². The maximum atomic E-state index is 12.4. The van der Waals surface area contributed by atoms with E-state index in [0.717, 1.165) is 0 Å². The first-order valence-corrected chi connectivity index (χ1v) is 2.57. The summed E-state index contributed by atoms with van der Waals surface area (Å²) in [6, 6.07) is -0.420. The summed E-state index contributed by atoms with van der Waals surface area (Å²) in [6.07, 6.45) is -0.430. The van der Waals surface area contributed by atoms with Crippen molar-refractivity contribution in [1.29, 1.82) is 0 Å². The summed E-state index contributed by atoms with van der Waals surface area (Å²) in [4.78, 5) is 6.38. The van der Waals surface area contributed by atoms with Gasteiger partial charge in [-0.15, -0.1) is 0 Å². The maximum absolute atomic E-state index is 12.4. The van der Waals surface area contributed by atoms with E-state index in [1.165, 1.54) is 0 Å². The number of hydrogen-bond donors (Lipinski definition) is 0. The standard InChI is InChI=1S/C4H2BrFN2/c5-3-1-4(6)8-2-7-3/h1-2H/i1D,2D. The highest BCUT2D eigenvalue weighted by atomic mass is 79.9. The first-order valence-electron chi connectivity index (χ1n) is 2.77. The summed E-state index contributed by atoms with van der Waals surface area (Å²) in [5, 5.41) is 0. The minimum atomic E-state index is -0.980. The second-order valence-electron chi connectivity index (χ2n) is 1.03. The number of aromatic nitrogens is 2. The third kappa shape index (κ3) is 1.23. The maximum Gasteiger partial charge on any atom is 0.217 e. The molecule has 8 heavy (non-hydrogen) atoms. The number of nitrogens with zero attached hydrogens (tertiary/aromatic N) is 2. The van der Waals surface area contributed by atoms with Gasteiger partial charge in [0.2, 0.25) is 5.95 Å². The van der Waals surface area contributed by atoms with Gasteiger partial charge >= 0.3 is 0 Å². The van der Waals surface area contributed by atoms with Crippen molar-refractivity contribution in [2.24, 2.45) is 0 Å². The van der Waals surface area contributed by atoms with E-state index in [0.29, 0.717) is 0 Å². The molecule has 2 nitrogen and oxygen atoms in total. The Kier molecular flexibility index (Phi) is 0.951. The fourth-order valence-electron chi connectivity index (χ4n) is 0.254. The van der Waals surface area contributed by atoms with Gasteiger partial charge in [-0.05, 0) is 15.9 Å². The van der Waals surface area contributed by atoms with Gasteiger partial charge in [-0.25, -0.2) is 9.97 Å². The molecule has 0 saturated heterocycles. The van der Waals surface area contributed by atoms with Crippen LogP contribution in [0.15, 0.2) is 16.9 Å². The predicted octanol–water partition coefficient (Wildman–Crippen LogP) is 1.38. The molecule has 0 unspecified atom stereocenters. The molecule has 0 N–H and O–H groups in total. The van der Waals surface area contributed by atoms with E-state index in [9.17, 15) is 4.39 Å². The number of rotatable bonds is 0. The smallest absolute Gasteiger partial charge is 0.217 e. The SMILES string of the molecule is [2H]c1nc(F)c([2H])c(Br)n1. The average Bonchev–Trinajstić information content (AvgIpc) is 1.82. The highest BCUT2D eigenvalue weighted by Gasteiger charge is 1.89. The van der Waals surface area contributed by atoms with E-state index < -0.39 is 18.3 Å². The van der Waals surface area contributed by atoms with E-state index >= 15 is 0 Å². The molecule has 0 bridgehead atoms. The minimum Gasteiger partial charge on any atom is -0.229 e. The highest BCUT2D eigenvalue weighted by Crippen LogP contribution is 2.02. The zero-order chi connectivity index (χ0) is 7.72. The van der Waals surface area contributed by atoms with Crippen molar-refractivity contribution in [3.05, 3.63) is 22.9 Å². The van der Waals surface area contributed by atoms with Crippen LogP contribution in [0.5, 0.6) is 0 Å². The first-order chi connectivity index (χ1) is 4.61. The van der Waals surface area contributed by atoms with Crippen molar-refractivity contribution in [1.82, 2.24) is 9.97 Å². The lowest BCUT2D eigenvalue weighted by Gasteiger charge is -1.84. The van der Waals surface area contributed by atoms with Crippen molar-refractivity contribution < 1.29 is 7.13 Å². The second kappa shape index (κ2) is 2.17. The zero-order valence-corrected chi connectivity index (χ0v) is 5.24. The molecule has 0 aliphatic rings. The molecule has 0 aromatic carbocycles. The van der Waals surface area contributed by atoms with Crippen molar-refractivity contribution in [3.63, 3.8) is 0 Å². The molecule has 0 aliphatic heterocycles. The summed E-state index contributed by atoms with van der Waals surface area (Å²) in [5.74, 6) is -0.980. The predicted molar refractivity (Wildman–Crippen MR) is 29.7 cm³/mol. The molecule has 1 aromatic heterocycles. The molecule has 0 aliphatic carbocycles. The molecule has 0 fully saturated rings. The number of hydrogen-bond acceptors (Lipinski definition) is 2. The molecule has 42 valence electrons. The Morgan fingerprint density at radius 3 is 3.12 bits per heavy atom. The van der Waals surface area contributed by atoms with E-state index in [-0.39, 0.29) is 4.60 Å². The van der Waals surface area contributed by atoms with Crippen LogP contribution in [0.25, 0.3) is 0 Å². The summed E-state index contributed by atoms with van der Waals surface area (Å²) in [7, 11) is 0. The Morgan fingerprint density at radius 1 is 1.75 bits per heavy atom. The average molecular weight is 179 g/mol. The summed E-state index contributed by atoms with van der Waals surface area (Å²) < 4.78 is 26.1. The van der Waals surface area contributed by atoms with Gasteiger partial charge in [-0.1, -0.05) is 0 Å². The van der Waals surface area contributed by atoms with Crippen molar-refractivity contribution in [3.8, 4) is 0 Å². The lowest BCUT2D eigenvalue weighted by molar-refractivity contribution is 0.578. The Hall–Kier alpha value is -0.510. The Bertz CT molecular complexity index is 244. The van der Waals surface area contributed by atoms with Gasteiger partial charge in [-0.3, -0.25) is 0 Å². The molecule has 4 heteroatoms. The zero-order valence-electron chi connectivity index (χ0n) is 5.65. The topological polar surface area (TPSA) is 25.8 Å². The Labute approximate surface area is 56.7 Å². The van der Waals surface area contributed by atoms with Gasteiger partial charge in [0.05, 0.1) is 1.37 Å². The number of halogens is 2. The normalized spacial score (nSPS) is 12.8. The molecule has 0 atom stereocenters. The van der Waals surface area contributed by atoms with Gasteiger partial charge < -0.3 is 0 Å². The third-order valence-corrected chi connectivity index (χ3v) is 0.878. The van der Waals surface area contributed by atoms with Crippen LogP contribution in [0.3, 0.4) is 0 Å². The van der Waals surface area contributed by atoms with Crippen LogP contribution in [0.2, 0.25) is 0 Å². The summed E-state index contributed by atoms with van der Waals surface area (Å²) >= 11 is 2.80. The largest absolute Gasteiger partial charge is 0.229 e. The van der Waals surface area contributed by atoms with Gasteiger partial charge in [-0.2, -0.15) is 4.39 Å². The van der Waals surface area contributed by atoms with Crippen LogP contribution < -0.4 is 0 Å². The minimum absolute atomic E-state index is 0.00463. The molecule has 1 heterocycles. The van der Waals surface area contributed by atoms with Gasteiger partial charge in [0, 0.05) is 6.04 Å². The van der Waals surface area contributed by atoms with Crippen LogP contribution >= 0.6 is 15.9 Å². The van der Waals surface area contributed by atoms with Gasteiger partial charge in [0.25, 0.3) is 0 Å². The Morgan fingerprint density at radius 2 is 2.50 bits per heavy atom. The summed E-state index contributed by atoms with van der Waals surface area (Å²) in [5.41, 5.74) is 0. The quantitative estimate of drug-likeness (QED) is 0.562. The second-order valence-corrected chi connectivity index (χ2v) is 1.78. The molecule has 0 saturated carbocycles. The van der Waals surface area contributed by atoms with Crippen LogP contribution in [0.1, 0.15) is 2.74 Å². The summed E-state index contributed by atoms with van der Waals surface area (Å²) in [6.45, 7) is 0. The van der Waals surface area contributed by atoms with Crippen LogP contribution in [-0.2, 0) is 0 Å². The Balaban J connectivity index is 3.31. The monoisotopic (exact) mass is 178 g/mol. The van der Waals surface area contributed by atoms with Crippen LogP contribution in [0.4, 0.5) is 4.39 Å².